The smallest absolute Gasteiger partial charge is 0.0798 e. The van der Waals surface area contributed by atoms with E-state index >= 15 is 0 Å². The Labute approximate surface area is 112 Å². The summed E-state index contributed by atoms with van der Waals surface area (Å²) in [6.07, 6.45) is 0. The molecule has 0 bridgehead atoms. The van der Waals surface area contributed by atoms with Gasteiger partial charge in [0, 0.05) is 23.7 Å². The molecule has 1 aromatic carbocycles. The second kappa shape index (κ2) is 5.50. The Bertz CT molecular complexity index is 502. The van der Waals surface area contributed by atoms with Gasteiger partial charge in [0.15, 0.2) is 0 Å². The molecule has 2 rings (SSSR count). The van der Waals surface area contributed by atoms with Crippen LogP contribution in [0.15, 0.2) is 29.8 Å². The van der Waals surface area contributed by atoms with E-state index in [1.807, 2.05) is 12.4 Å². The van der Waals surface area contributed by atoms with Gasteiger partial charge in [0.05, 0.1) is 17.7 Å². The molecular weight excluding hydrogens is 242 g/mol. The number of nitrogens with zero attached hydrogens (tertiary/aromatic N) is 2. The number of aromatic nitrogens is 1. The van der Waals surface area contributed by atoms with Crippen molar-refractivity contribution in [3.05, 3.63) is 45.9 Å². The van der Waals surface area contributed by atoms with Crippen LogP contribution in [0.5, 0.6) is 0 Å². The second-order valence-electron chi connectivity index (χ2n) is 4.60. The highest BCUT2D eigenvalue weighted by Crippen LogP contribution is 2.21. The molecule has 0 saturated carbocycles. The lowest BCUT2D eigenvalue weighted by atomic mass is 10.1. The lowest BCUT2D eigenvalue weighted by Crippen LogP contribution is -2.16. The van der Waals surface area contributed by atoms with Crippen LogP contribution in [-0.4, -0.2) is 12.0 Å². The van der Waals surface area contributed by atoms with Crippen LogP contribution in [0.25, 0.3) is 0 Å². The third kappa shape index (κ3) is 2.89. The van der Waals surface area contributed by atoms with Gasteiger partial charge in [0.1, 0.15) is 0 Å². The number of benzene rings is 1. The first kappa shape index (κ1) is 13.1. The highest BCUT2D eigenvalue weighted by molar-refractivity contribution is 7.09. The van der Waals surface area contributed by atoms with Crippen LogP contribution >= 0.6 is 11.3 Å². The molecular formula is C14H19N3S. The summed E-state index contributed by atoms with van der Waals surface area (Å²) < 4.78 is 0. The molecule has 0 spiro atoms. The van der Waals surface area contributed by atoms with Gasteiger partial charge in [-0.15, -0.1) is 11.3 Å². The fraction of sp³-hybridized carbons (Fsp3) is 0.357. The number of hydrogen-bond donors (Lipinski definition) is 1. The average Bonchev–Trinajstić information content (AvgIpc) is 2.75. The molecule has 18 heavy (non-hydrogen) atoms. The van der Waals surface area contributed by atoms with Crippen molar-refractivity contribution in [3.63, 3.8) is 0 Å². The maximum absolute atomic E-state index is 5.85. The highest BCUT2D eigenvalue weighted by atomic mass is 32.1. The predicted molar refractivity (Wildman–Crippen MR) is 78.0 cm³/mol. The van der Waals surface area contributed by atoms with E-state index < -0.39 is 0 Å². The van der Waals surface area contributed by atoms with Gasteiger partial charge in [-0.1, -0.05) is 12.1 Å². The van der Waals surface area contributed by atoms with E-state index in [0.717, 1.165) is 12.2 Å². The number of hydrogen-bond acceptors (Lipinski definition) is 4. The first-order valence-electron chi connectivity index (χ1n) is 6.03. The first-order chi connectivity index (χ1) is 8.58. The number of rotatable bonds is 4. The van der Waals surface area contributed by atoms with E-state index in [0.29, 0.717) is 0 Å². The molecule has 2 N–H and O–H groups in total. The van der Waals surface area contributed by atoms with Gasteiger partial charge >= 0.3 is 0 Å². The van der Waals surface area contributed by atoms with Gasteiger partial charge < -0.3 is 10.6 Å². The summed E-state index contributed by atoms with van der Waals surface area (Å²) in [5.41, 5.74) is 11.2. The Balaban J connectivity index is 2.09. The van der Waals surface area contributed by atoms with E-state index in [2.05, 4.69) is 48.1 Å². The van der Waals surface area contributed by atoms with Crippen LogP contribution in [0.1, 0.15) is 29.1 Å². The third-order valence-corrected chi connectivity index (χ3v) is 4.01. The van der Waals surface area contributed by atoms with Gasteiger partial charge in [-0.3, -0.25) is 0 Å². The van der Waals surface area contributed by atoms with Crippen LogP contribution in [0, 0.1) is 6.92 Å². The number of anilines is 1. The Kier molecular flexibility index (Phi) is 3.99. The molecule has 96 valence electrons. The van der Waals surface area contributed by atoms with Crippen LogP contribution in [0.3, 0.4) is 0 Å². The topological polar surface area (TPSA) is 42.2 Å². The fourth-order valence-corrected chi connectivity index (χ4v) is 2.65. The van der Waals surface area contributed by atoms with Crippen molar-refractivity contribution in [2.75, 3.05) is 11.9 Å². The Hall–Kier alpha value is -1.39. The molecule has 2 aromatic rings. The second-order valence-corrected chi connectivity index (χ2v) is 5.54. The lowest BCUT2D eigenvalue weighted by Gasteiger charge is -2.19. The van der Waals surface area contributed by atoms with Crippen molar-refractivity contribution in [2.24, 2.45) is 5.73 Å². The highest BCUT2D eigenvalue weighted by Gasteiger charge is 2.07. The minimum atomic E-state index is 0.0908. The summed E-state index contributed by atoms with van der Waals surface area (Å²) in [5.74, 6) is 0. The van der Waals surface area contributed by atoms with Gasteiger partial charge in [-0.05, 0) is 31.5 Å². The zero-order chi connectivity index (χ0) is 13.1. The molecule has 0 fully saturated rings. The average molecular weight is 261 g/mol. The molecule has 0 unspecified atom stereocenters. The summed E-state index contributed by atoms with van der Waals surface area (Å²) in [5, 5.41) is 0. The van der Waals surface area contributed by atoms with Crippen molar-refractivity contribution < 1.29 is 0 Å². The van der Waals surface area contributed by atoms with Crippen LogP contribution < -0.4 is 10.6 Å². The normalized spacial score (nSPS) is 12.4. The molecule has 0 amide bonds. The maximum Gasteiger partial charge on any atom is 0.0798 e. The number of aryl methyl sites for hydroxylation is 1. The summed E-state index contributed by atoms with van der Waals surface area (Å²) in [6.45, 7) is 4.95. The molecule has 1 aromatic heterocycles. The third-order valence-electron chi connectivity index (χ3n) is 3.09. The summed E-state index contributed by atoms with van der Waals surface area (Å²) >= 11 is 1.71. The van der Waals surface area contributed by atoms with E-state index in [1.54, 1.807) is 11.3 Å². The van der Waals surface area contributed by atoms with E-state index in [9.17, 15) is 0 Å². The van der Waals surface area contributed by atoms with Crippen molar-refractivity contribution in [2.45, 2.75) is 26.4 Å². The van der Waals surface area contributed by atoms with Crippen molar-refractivity contribution in [1.29, 1.82) is 0 Å². The van der Waals surface area contributed by atoms with Crippen molar-refractivity contribution in [1.82, 2.24) is 4.98 Å². The SMILES string of the molecule is Cc1ncsc1CN(C)c1ccc([C@H](C)N)cc1. The molecule has 1 atom stereocenters. The van der Waals surface area contributed by atoms with E-state index in [4.69, 9.17) is 5.73 Å². The van der Waals surface area contributed by atoms with Crippen LogP contribution in [0.2, 0.25) is 0 Å². The molecule has 1 heterocycles. The Morgan fingerprint density at radius 2 is 2.00 bits per heavy atom. The minimum absolute atomic E-state index is 0.0908. The van der Waals surface area contributed by atoms with Gasteiger partial charge in [0.25, 0.3) is 0 Å². The zero-order valence-corrected chi connectivity index (χ0v) is 11.9. The number of thiazole rings is 1. The van der Waals surface area contributed by atoms with Crippen molar-refractivity contribution >= 4 is 17.0 Å². The molecule has 0 aliphatic carbocycles. The number of nitrogens with two attached hydrogens (primary N) is 1. The summed E-state index contributed by atoms with van der Waals surface area (Å²) in [4.78, 5) is 7.82. The largest absolute Gasteiger partial charge is 0.369 e. The fourth-order valence-electron chi connectivity index (χ4n) is 1.82. The van der Waals surface area contributed by atoms with Crippen LogP contribution in [-0.2, 0) is 6.54 Å². The quantitative estimate of drug-likeness (QED) is 0.919. The molecule has 4 heteroatoms. The standard InChI is InChI=1S/C14H19N3S/c1-10(15)12-4-6-13(7-5-12)17(3)8-14-11(2)16-9-18-14/h4-7,9-10H,8,15H2,1-3H3/t10-/m0/s1. The lowest BCUT2D eigenvalue weighted by molar-refractivity contribution is 0.817. The van der Waals surface area contributed by atoms with E-state index in [-0.39, 0.29) is 6.04 Å². The van der Waals surface area contributed by atoms with E-state index in [1.165, 1.54) is 16.1 Å². The predicted octanol–water partition coefficient (Wildman–Crippen LogP) is 3.11. The van der Waals surface area contributed by atoms with Crippen LogP contribution in [0.4, 0.5) is 5.69 Å². The van der Waals surface area contributed by atoms with Crippen molar-refractivity contribution in [3.8, 4) is 0 Å². The Morgan fingerprint density at radius 3 is 2.50 bits per heavy atom. The minimum Gasteiger partial charge on any atom is -0.369 e. The van der Waals surface area contributed by atoms with Gasteiger partial charge in [-0.25, -0.2) is 4.98 Å². The van der Waals surface area contributed by atoms with Gasteiger partial charge in [-0.2, -0.15) is 0 Å². The molecule has 0 saturated heterocycles. The molecule has 0 radical (unpaired) electrons. The molecule has 0 aliphatic heterocycles. The maximum atomic E-state index is 5.85. The first-order valence-corrected chi connectivity index (χ1v) is 6.91. The van der Waals surface area contributed by atoms with Gasteiger partial charge in [0.2, 0.25) is 0 Å². The molecule has 3 nitrogen and oxygen atoms in total. The zero-order valence-electron chi connectivity index (χ0n) is 11.1. The monoisotopic (exact) mass is 261 g/mol. The summed E-state index contributed by atoms with van der Waals surface area (Å²) in [6, 6.07) is 8.52. The summed E-state index contributed by atoms with van der Waals surface area (Å²) in [7, 11) is 2.10. The molecule has 0 aliphatic rings. The Morgan fingerprint density at radius 1 is 1.33 bits per heavy atom.